The highest BCUT2D eigenvalue weighted by molar-refractivity contribution is 5.79. The fourth-order valence-corrected chi connectivity index (χ4v) is 2.14. The Labute approximate surface area is 102 Å². The Bertz CT molecular complexity index is 513. The Hall–Kier alpha value is -1.35. The van der Waals surface area contributed by atoms with Gasteiger partial charge in [-0.25, -0.2) is 4.98 Å². The number of rotatable bonds is 4. The zero-order valence-electron chi connectivity index (χ0n) is 10.9. The second kappa shape index (κ2) is 4.88. The Balaban J connectivity index is 2.23. The fraction of sp³-hybridized carbons (Fsp3) is 0.500. The van der Waals surface area contributed by atoms with Crippen LogP contribution in [0.1, 0.15) is 30.3 Å². The monoisotopic (exact) mass is 231 g/mol. The van der Waals surface area contributed by atoms with Gasteiger partial charge in [-0.2, -0.15) is 0 Å². The Morgan fingerprint density at radius 2 is 2.12 bits per heavy atom. The maximum Gasteiger partial charge on any atom is 0.107 e. The van der Waals surface area contributed by atoms with Gasteiger partial charge in [-0.3, -0.25) is 0 Å². The third-order valence-electron chi connectivity index (χ3n) is 3.25. The molecule has 0 fully saturated rings. The van der Waals surface area contributed by atoms with E-state index in [2.05, 4.69) is 42.9 Å². The number of nitrogens with zero attached hydrogens (tertiary/aromatic N) is 1. The van der Waals surface area contributed by atoms with Crippen LogP contribution in [0.4, 0.5) is 0 Å². The minimum absolute atomic E-state index is 0.561. The summed E-state index contributed by atoms with van der Waals surface area (Å²) in [6.45, 7) is 7.16. The van der Waals surface area contributed by atoms with E-state index in [1.54, 1.807) is 0 Å². The summed E-state index contributed by atoms with van der Waals surface area (Å²) < 4.78 is 0. The molecule has 0 aliphatic heterocycles. The van der Waals surface area contributed by atoms with E-state index in [0.717, 1.165) is 36.2 Å². The van der Waals surface area contributed by atoms with Crippen molar-refractivity contribution in [3.8, 4) is 0 Å². The predicted molar refractivity (Wildman–Crippen MR) is 72.1 cm³/mol. The predicted octanol–water partition coefficient (Wildman–Crippen LogP) is 2.71. The maximum atomic E-state index is 5.62. The van der Waals surface area contributed by atoms with E-state index >= 15 is 0 Å². The van der Waals surface area contributed by atoms with E-state index < -0.39 is 0 Å². The van der Waals surface area contributed by atoms with Crippen LogP contribution in [0.5, 0.6) is 0 Å². The number of aromatic nitrogens is 2. The summed E-state index contributed by atoms with van der Waals surface area (Å²) >= 11 is 0. The second-order valence-corrected chi connectivity index (χ2v) is 5.04. The van der Waals surface area contributed by atoms with Crippen molar-refractivity contribution in [3.63, 3.8) is 0 Å². The van der Waals surface area contributed by atoms with Gasteiger partial charge in [-0.05, 0) is 49.9 Å². The Kier molecular flexibility index (Phi) is 3.48. The van der Waals surface area contributed by atoms with E-state index in [1.165, 1.54) is 11.1 Å². The van der Waals surface area contributed by atoms with Crippen molar-refractivity contribution in [2.75, 3.05) is 6.54 Å². The number of benzene rings is 1. The molecule has 17 heavy (non-hydrogen) atoms. The van der Waals surface area contributed by atoms with E-state index in [4.69, 9.17) is 5.73 Å². The number of aromatic amines is 1. The molecule has 2 rings (SSSR count). The van der Waals surface area contributed by atoms with Crippen molar-refractivity contribution < 1.29 is 0 Å². The summed E-state index contributed by atoms with van der Waals surface area (Å²) in [4.78, 5) is 8.07. The molecule has 3 nitrogen and oxygen atoms in total. The Morgan fingerprint density at radius 1 is 1.35 bits per heavy atom. The molecule has 1 aromatic carbocycles. The van der Waals surface area contributed by atoms with Crippen LogP contribution in [0, 0.1) is 19.8 Å². The third kappa shape index (κ3) is 2.67. The number of aryl methyl sites for hydroxylation is 3. The van der Waals surface area contributed by atoms with Gasteiger partial charge in [0.05, 0.1) is 11.0 Å². The number of imidazole rings is 1. The summed E-state index contributed by atoms with van der Waals surface area (Å²) in [5.74, 6) is 1.64. The number of H-pyrrole nitrogens is 1. The highest BCUT2D eigenvalue weighted by atomic mass is 14.9. The van der Waals surface area contributed by atoms with Crippen LogP contribution in [0.2, 0.25) is 0 Å². The third-order valence-corrected chi connectivity index (χ3v) is 3.25. The normalized spacial score (nSPS) is 13.2. The molecule has 3 heteroatoms. The van der Waals surface area contributed by atoms with Crippen molar-refractivity contribution in [1.82, 2.24) is 9.97 Å². The SMILES string of the molecule is Cc1cc(C)c2nc(CCC(C)CN)[nH]c2c1. The van der Waals surface area contributed by atoms with Crippen LogP contribution in [0.3, 0.4) is 0 Å². The molecule has 0 aliphatic rings. The molecular formula is C14H21N3. The number of hydrogen-bond acceptors (Lipinski definition) is 2. The largest absolute Gasteiger partial charge is 0.342 e. The number of hydrogen-bond donors (Lipinski definition) is 2. The van der Waals surface area contributed by atoms with Gasteiger partial charge >= 0.3 is 0 Å². The first-order valence-electron chi connectivity index (χ1n) is 6.26. The highest BCUT2D eigenvalue weighted by Crippen LogP contribution is 2.19. The summed E-state index contributed by atoms with van der Waals surface area (Å²) in [5, 5.41) is 0. The number of fused-ring (bicyclic) bond motifs is 1. The lowest BCUT2D eigenvalue weighted by atomic mass is 10.1. The smallest absolute Gasteiger partial charge is 0.107 e. The van der Waals surface area contributed by atoms with Crippen LogP contribution < -0.4 is 5.73 Å². The summed E-state index contributed by atoms with van der Waals surface area (Å²) in [6, 6.07) is 4.33. The van der Waals surface area contributed by atoms with Gasteiger partial charge in [0.15, 0.2) is 0 Å². The highest BCUT2D eigenvalue weighted by Gasteiger charge is 2.07. The van der Waals surface area contributed by atoms with E-state index in [0.29, 0.717) is 5.92 Å². The lowest BCUT2D eigenvalue weighted by Crippen LogP contribution is -2.11. The first-order valence-corrected chi connectivity index (χ1v) is 6.26. The molecule has 1 unspecified atom stereocenters. The van der Waals surface area contributed by atoms with Crippen molar-refractivity contribution in [1.29, 1.82) is 0 Å². The first-order chi connectivity index (χ1) is 8.10. The zero-order chi connectivity index (χ0) is 12.4. The standard InChI is InChI=1S/C14H21N3/c1-9(8-15)4-5-13-16-12-7-10(2)6-11(3)14(12)17-13/h6-7,9H,4-5,8,15H2,1-3H3,(H,16,17). The molecule has 0 radical (unpaired) electrons. The van der Waals surface area contributed by atoms with Gasteiger partial charge in [0.1, 0.15) is 5.82 Å². The molecule has 0 amide bonds. The van der Waals surface area contributed by atoms with Crippen molar-refractivity contribution in [2.24, 2.45) is 11.7 Å². The Morgan fingerprint density at radius 3 is 2.82 bits per heavy atom. The van der Waals surface area contributed by atoms with Crippen LogP contribution in [0.15, 0.2) is 12.1 Å². The maximum absolute atomic E-state index is 5.62. The molecule has 0 aliphatic carbocycles. The lowest BCUT2D eigenvalue weighted by Gasteiger charge is -2.05. The molecule has 0 saturated carbocycles. The van der Waals surface area contributed by atoms with Gasteiger partial charge in [-0.1, -0.05) is 13.0 Å². The van der Waals surface area contributed by atoms with Crippen LogP contribution in [0.25, 0.3) is 11.0 Å². The van der Waals surface area contributed by atoms with Crippen molar-refractivity contribution in [2.45, 2.75) is 33.6 Å². The lowest BCUT2D eigenvalue weighted by molar-refractivity contribution is 0.538. The minimum atomic E-state index is 0.561. The van der Waals surface area contributed by atoms with E-state index in [-0.39, 0.29) is 0 Å². The molecule has 0 bridgehead atoms. The van der Waals surface area contributed by atoms with E-state index in [9.17, 15) is 0 Å². The van der Waals surface area contributed by atoms with Gasteiger partial charge < -0.3 is 10.7 Å². The average Bonchev–Trinajstić information content (AvgIpc) is 2.69. The van der Waals surface area contributed by atoms with Crippen LogP contribution >= 0.6 is 0 Å². The van der Waals surface area contributed by atoms with Gasteiger partial charge in [0.2, 0.25) is 0 Å². The minimum Gasteiger partial charge on any atom is -0.342 e. The molecule has 92 valence electrons. The summed E-state index contributed by atoms with van der Waals surface area (Å²) in [6.07, 6.45) is 2.07. The van der Waals surface area contributed by atoms with Crippen LogP contribution in [-0.2, 0) is 6.42 Å². The average molecular weight is 231 g/mol. The number of nitrogens with one attached hydrogen (secondary N) is 1. The molecule has 1 aromatic heterocycles. The molecule has 3 N–H and O–H groups in total. The zero-order valence-corrected chi connectivity index (χ0v) is 10.9. The van der Waals surface area contributed by atoms with Crippen LogP contribution in [-0.4, -0.2) is 16.5 Å². The summed E-state index contributed by atoms with van der Waals surface area (Å²) in [5.41, 5.74) is 10.4. The first kappa shape index (κ1) is 12.1. The number of nitrogens with two attached hydrogens (primary N) is 1. The van der Waals surface area contributed by atoms with Crippen molar-refractivity contribution >= 4 is 11.0 Å². The molecule has 0 saturated heterocycles. The quantitative estimate of drug-likeness (QED) is 0.850. The summed E-state index contributed by atoms with van der Waals surface area (Å²) in [7, 11) is 0. The van der Waals surface area contributed by atoms with Gasteiger partial charge in [0.25, 0.3) is 0 Å². The van der Waals surface area contributed by atoms with Gasteiger partial charge in [-0.15, -0.1) is 0 Å². The second-order valence-electron chi connectivity index (χ2n) is 5.04. The molecule has 0 spiro atoms. The topological polar surface area (TPSA) is 54.7 Å². The van der Waals surface area contributed by atoms with Crippen molar-refractivity contribution in [3.05, 3.63) is 29.1 Å². The molecular weight excluding hydrogens is 210 g/mol. The molecule has 1 atom stereocenters. The fourth-order valence-electron chi connectivity index (χ4n) is 2.14. The molecule has 1 heterocycles. The molecule has 2 aromatic rings. The van der Waals surface area contributed by atoms with E-state index in [1.807, 2.05) is 0 Å². The van der Waals surface area contributed by atoms with Gasteiger partial charge in [0, 0.05) is 6.42 Å².